The third-order valence-corrected chi connectivity index (χ3v) is 13.1. The van der Waals surface area contributed by atoms with Gasteiger partial charge in [0.15, 0.2) is 6.61 Å². The molecule has 2 aromatic carbocycles. The number of nitrogens with one attached hydrogen (secondary N) is 2. The Bertz CT molecular complexity index is 1960. The first-order valence-corrected chi connectivity index (χ1v) is 18.5. The molecule has 262 valence electrons. The summed E-state index contributed by atoms with van der Waals surface area (Å²) in [6.45, 7) is 4.98. The van der Waals surface area contributed by atoms with Gasteiger partial charge in [0.1, 0.15) is 11.8 Å². The molecule has 0 radical (unpaired) electrons. The highest BCUT2D eigenvalue weighted by molar-refractivity contribution is 8.00. The van der Waals surface area contributed by atoms with Crippen molar-refractivity contribution < 1.29 is 38.6 Å². The lowest BCUT2D eigenvalue weighted by atomic mass is 9.68. The van der Waals surface area contributed by atoms with Gasteiger partial charge in [-0.05, 0) is 79.5 Å². The number of rotatable bonds is 10. The van der Waals surface area contributed by atoms with Crippen LogP contribution in [0.4, 0.5) is 5.69 Å². The number of amides is 3. The van der Waals surface area contributed by atoms with Crippen LogP contribution in [0.15, 0.2) is 52.3 Å². The number of hydrogen-bond donors (Lipinski definition) is 3. The first-order chi connectivity index (χ1) is 23.9. The lowest BCUT2D eigenvalue weighted by molar-refractivity contribution is -0.157. The van der Waals surface area contributed by atoms with E-state index in [1.165, 1.54) is 11.8 Å². The Hall–Kier alpha value is -4.14. The molecule has 2 saturated carbocycles. The molecule has 1 saturated heterocycles. The van der Waals surface area contributed by atoms with E-state index in [-0.39, 0.29) is 41.1 Å². The Labute approximate surface area is 299 Å². The van der Waals surface area contributed by atoms with Crippen LogP contribution in [0.25, 0.3) is 0 Å². The van der Waals surface area contributed by atoms with E-state index in [4.69, 9.17) is 21.1 Å². The van der Waals surface area contributed by atoms with Crippen molar-refractivity contribution in [2.45, 2.75) is 49.4 Å². The molecular formula is C35H34ClN3O9S2. The molecule has 12 nitrogen and oxygen atoms in total. The fourth-order valence-electron chi connectivity index (χ4n) is 8.49. The molecule has 2 aliphatic heterocycles. The van der Waals surface area contributed by atoms with Crippen LogP contribution in [0.1, 0.15) is 53.9 Å². The van der Waals surface area contributed by atoms with Gasteiger partial charge in [0.05, 0.1) is 29.0 Å². The molecule has 3 heterocycles. The SMILES string of the molecule is CCOC(=O)c1ccc(NC(=O)COc2ccc(Cl)cc2[C@H]2c3sc(=O)[nH]c3SC3C4CC(C5C(=O)N(C(C(=O)O)C(C)C)C(=O)C45)C32)cc1. The number of imide groups is 1. The summed E-state index contributed by atoms with van der Waals surface area (Å²) in [6, 6.07) is 10.1. The maximum Gasteiger partial charge on any atom is 0.338 e. The van der Waals surface area contributed by atoms with Crippen LogP contribution >= 0.6 is 34.7 Å². The summed E-state index contributed by atoms with van der Waals surface area (Å²) >= 11 is 9.14. The quantitative estimate of drug-likeness (QED) is 0.193. The van der Waals surface area contributed by atoms with Gasteiger partial charge in [-0.1, -0.05) is 36.8 Å². The van der Waals surface area contributed by atoms with Gasteiger partial charge in [-0.15, -0.1) is 11.8 Å². The summed E-state index contributed by atoms with van der Waals surface area (Å²) in [5, 5.41) is 13.7. The lowest BCUT2D eigenvalue weighted by Gasteiger charge is -2.43. The summed E-state index contributed by atoms with van der Waals surface area (Å²) in [5.74, 6) is -5.48. The summed E-state index contributed by atoms with van der Waals surface area (Å²) in [6.07, 6.45) is 0.617. The second-order valence-electron chi connectivity index (χ2n) is 13.4. The van der Waals surface area contributed by atoms with E-state index in [9.17, 15) is 33.9 Å². The highest BCUT2D eigenvalue weighted by atomic mass is 35.5. The minimum atomic E-state index is -1.25. The zero-order chi connectivity index (χ0) is 35.6. The number of fused-ring (bicyclic) bond motifs is 9. The number of carboxylic acids is 1. The number of H-pyrrole nitrogens is 1. The number of thioether (sulfide) groups is 1. The van der Waals surface area contributed by atoms with Crippen molar-refractivity contribution in [2.24, 2.45) is 35.5 Å². The average molecular weight is 740 g/mol. The van der Waals surface area contributed by atoms with E-state index in [0.717, 1.165) is 21.1 Å². The minimum absolute atomic E-state index is 0.143. The number of carbonyl (C=O) groups excluding carboxylic acids is 4. The molecule has 2 aliphatic carbocycles. The minimum Gasteiger partial charge on any atom is -0.483 e. The Morgan fingerprint density at radius 2 is 1.76 bits per heavy atom. The zero-order valence-electron chi connectivity index (χ0n) is 27.2. The third kappa shape index (κ3) is 5.70. The monoisotopic (exact) mass is 739 g/mol. The van der Waals surface area contributed by atoms with Crippen LogP contribution in [0.3, 0.4) is 0 Å². The Morgan fingerprint density at radius 1 is 1.06 bits per heavy atom. The average Bonchev–Trinajstić information content (AvgIpc) is 3.80. The first-order valence-electron chi connectivity index (χ1n) is 16.4. The van der Waals surface area contributed by atoms with Crippen molar-refractivity contribution in [2.75, 3.05) is 18.5 Å². The number of aromatic nitrogens is 1. The maximum atomic E-state index is 14.0. The van der Waals surface area contributed by atoms with Gasteiger partial charge in [-0.25, -0.2) is 9.59 Å². The van der Waals surface area contributed by atoms with E-state index in [2.05, 4.69) is 10.3 Å². The second kappa shape index (κ2) is 13.2. The number of hydrogen-bond acceptors (Lipinski definition) is 10. The van der Waals surface area contributed by atoms with Crippen LogP contribution in [0.2, 0.25) is 5.02 Å². The molecule has 4 aliphatic rings. The highest BCUT2D eigenvalue weighted by Gasteiger charge is 2.70. The predicted octanol–water partition coefficient (Wildman–Crippen LogP) is 4.87. The molecular weight excluding hydrogens is 706 g/mol. The van der Waals surface area contributed by atoms with Gasteiger partial charge in [0, 0.05) is 32.3 Å². The van der Waals surface area contributed by atoms with Crippen molar-refractivity contribution in [1.29, 1.82) is 0 Å². The van der Waals surface area contributed by atoms with Gasteiger partial charge in [-0.2, -0.15) is 0 Å². The molecule has 2 bridgehead atoms. The van der Waals surface area contributed by atoms with Gasteiger partial charge >= 0.3 is 16.8 Å². The van der Waals surface area contributed by atoms with Crippen molar-refractivity contribution in [3.05, 3.63) is 73.2 Å². The molecule has 3 amide bonds. The highest BCUT2D eigenvalue weighted by Crippen LogP contribution is 2.69. The number of nitrogens with zero attached hydrogens (tertiary/aromatic N) is 1. The number of carbonyl (C=O) groups is 5. The number of carboxylic acid groups (broad SMARTS) is 1. The number of anilines is 1. The third-order valence-electron chi connectivity index (χ3n) is 10.3. The van der Waals surface area contributed by atoms with Gasteiger partial charge < -0.3 is 24.9 Å². The predicted molar refractivity (Wildman–Crippen MR) is 185 cm³/mol. The lowest BCUT2D eigenvalue weighted by Crippen LogP contribution is -2.49. The van der Waals surface area contributed by atoms with Gasteiger partial charge in [-0.3, -0.25) is 24.1 Å². The molecule has 8 atom stereocenters. The number of thiazole rings is 1. The summed E-state index contributed by atoms with van der Waals surface area (Å²) in [4.78, 5) is 82.3. The van der Waals surface area contributed by atoms with E-state index >= 15 is 0 Å². The molecule has 7 rings (SSSR count). The van der Waals surface area contributed by atoms with E-state index in [1.54, 1.807) is 63.2 Å². The zero-order valence-corrected chi connectivity index (χ0v) is 29.6. The molecule has 50 heavy (non-hydrogen) atoms. The van der Waals surface area contributed by atoms with Crippen molar-refractivity contribution in [3.63, 3.8) is 0 Å². The maximum absolute atomic E-state index is 14.0. The standard InChI is InChI=1S/C35H34ClN3O9S2/c1-4-47-34(45)15-5-8-17(9-6-15)37-22(40)13-48-21-10-7-16(36)11-18(21)23-24-19-12-20(28(24)49-30-29(23)50-35(46)38-30)26-25(19)31(41)39(32(26)42)27(14(2)3)33(43)44/h5-11,14,19-20,23-28H,4,12-13H2,1-3H3,(H,37,40)(H,38,46)(H,43,44)/t19?,20?,23-,24?,25?,26?,27?,28?/m1/s1. The van der Waals surface area contributed by atoms with E-state index in [1.807, 2.05) is 0 Å². The largest absolute Gasteiger partial charge is 0.483 e. The van der Waals surface area contributed by atoms with Crippen LogP contribution < -0.4 is 14.9 Å². The van der Waals surface area contributed by atoms with Crippen LogP contribution in [-0.2, 0) is 23.9 Å². The topological polar surface area (TPSA) is 172 Å². The molecule has 0 spiro atoms. The Morgan fingerprint density at radius 3 is 2.42 bits per heavy atom. The molecule has 3 aromatic rings. The Balaban J connectivity index is 1.18. The number of ether oxygens (including phenoxy) is 2. The molecule has 1 aromatic heterocycles. The molecule has 3 N–H and O–H groups in total. The van der Waals surface area contributed by atoms with Crippen LogP contribution in [-0.4, -0.2) is 69.2 Å². The fraction of sp³-hybridized carbons (Fsp3) is 0.429. The summed E-state index contributed by atoms with van der Waals surface area (Å²) in [7, 11) is 0. The second-order valence-corrected chi connectivity index (χ2v) is 16.0. The summed E-state index contributed by atoms with van der Waals surface area (Å²) in [5.41, 5.74) is 1.47. The van der Waals surface area contributed by atoms with Crippen LogP contribution in [0.5, 0.6) is 5.75 Å². The van der Waals surface area contributed by atoms with Crippen molar-refractivity contribution >= 4 is 70.0 Å². The van der Waals surface area contributed by atoms with Crippen molar-refractivity contribution in [3.8, 4) is 5.75 Å². The number of aromatic amines is 1. The molecule has 15 heteroatoms. The number of benzene rings is 2. The normalized spacial score (nSPS) is 26.7. The number of halogens is 1. The smallest absolute Gasteiger partial charge is 0.338 e. The van der Waals surface area contributed by atoms with Gasteiger partial charge in [0.25, 0.3) is 5.91 Å². The molecule has 3 fully saturated rings. The number of likely N-dealkylation sites (tertiary alicyclic amines) is 1. The van der Waals surface area contributed by atoms with Gasteiger partial charge in [0.2, 0.25) is 11.8 Å². The van der Waals surface area contributed by atoms with E-state index < -0.39 is 59.4 Å². The summed E-state index contributed by atoms with van der Waals surface area (Å²) < 4.78 is 11.1. The molecule has 7 unspecified atom stereocenters. The number of aliphatic carboxylic acids is 1. The van der Waals surface area contributed by atoms with Crippen molar-refractivity contribution in [1.82, 2.24) is 9.88 Å². The number of esters is 1. The van der Waals surface area contributed by atoms with Crippen LogP contribution in [0, 0.1) is 35.5 Å². The Kier molecular flexibility index (Phi) is 9.06. The first kappa shape index (κ1) is 34.3. The van der Waals surface area contributed by atoms with E-state index in [0.29, 0.717) is 39.0 Å². The fourth-order valence-corrected chi connectivity index (χ4v) is 11.6.